The predicted molar refractivity (Wildman–Crippen MR) is 544 cm³/mol. The number of nitrogens with one attached hydrogen (secondary N) is 7. The van der Waals surface area contributed by atoms with Crippen molar-refractivity contribution in [2.75, 3.05) is 96.0 Å². The highest BCUT2D eigenvalue weighted by atomic mass is 35.5. The first-order valence-corrected chi connectivity index (χ1v) is 46.1. The van der Waals surface area contributed by atoms with Gasteiger partial charge in [-0.3, -0.25) is 54.2 Å². The molecule has 0 spiro atoms. The summed E-state index contributed by atoms with van der Waals surface area (Å²) in [5, 5.41) is 39.3. The van der Waals surface area contributed by atoms with Crippen LogP contribution in [0.3, 0.4) is 0 Å². The lowest BCUT2D eigenvalue weighted by atomic mass is 9.96. The average molecular weight is 1990 g/mol. The van der Waals surface area contributed by atoms with Crippen molar-refractivity contribution in [2.45, 2.75) is 64.7 Å². The number of nitrogens with zero attached hydrogens (tertiary/aromatic N) is 4. The largest absolute Gasteiger partial charge is 0.496 e. The number of benzene rings is 12. The molecule has 2 fully saturated rings. The SMILES string of the molecule is COc1cc(Cl)cc(C(=O)Nc2ccc(Cl)cc2)c1CC(=O)c1ccc(C(=N)N2CCCC2)cc1.COc1cc(Cl)cc(C(=O)Nc2ccc(Cl)cc2)c1CC(=O)c1ccc(C(=N)N2CCCCC2)cc1.COc1cc(Cl)cc(C(=O)Nc2ccc(Cl)cc2)c1CC(=O)c1ccc(C(C)=N)cc1.COc1cc(Cl)cc(C(=O)Nc2ccc(Cl)cc2)c1CC(=O)c1ccc(C2=NCCN2C)cc1. The van der Waals surface area contributed by atoms with Crippen molar-refractivity contribution >= 4 is 186 Å². The zero-order valence-corrected chi connectivity index (χ0v) is 81.0. The molecule has 0 unspecified atom stereocenters. The summed E-state index contributed by atoms with van der Waals surface area (Å²) in [6, 6.07) is 67.6. The smallest absolute Gasteiger partial charge is 0.256 e. The molecule has 3 aliphatic heterocycles. The van der Waals surface area contributed by atoms with E-state index >= 15 is 0 Å². The number of hydrogen-bond donors (Lipinski definition) is 7. The van der Waals surface area contributed by atoms with Gasteiger partial charge in [0.15, 0.2) is 23.1 Å². The molecule has 15 rings (SSSR count). The molecule has 23 nitrogen and oxygen atoms in total. The summed E-state index contributed by atoms with van der Waals surface area (Å²) in [7, 11) is 7.88. The van der Waals surface area contributed by atoms with Crippen molar-refractivity contribution in [3.05, 3.63) is 372 Å². The molecule has 136 heavy (non-hydrogen) atoms. The molecule has 12 aromatic rings. The number of amides is 4. The van der Waals surface area contributed by atoms with E-state index in [2.05, 4.69) is 36.1 Å². The standard InChI is InChI=1S/C28H27Cl2N3O3.C27H25Cl2N3O3.C26H23Cl2N3O3.C24H20Cl2N2O3/c1-36-26-16-21(30)15-24(28(35)32-22-11-9-20(29)10-12-22)23(26)17-25(34)18-5-7-19(8-6-18)27(31)33-13-3-2-4-14-33;1-35-25-15-20(29)14-23(27(34)31-21-10-8-19(28)9-11-21)22(25)16-24(33)17-4-6-18(7-5-17)26(30)32-12-2-3-13-32;1-31-12-11-29-25(31)17-5-3-16(4-6-17)23(32)15-21-22(13-19(28)14-24(21)34-2)26(33)30-20-9-7-18(27)8-10-20;1-14(27)15-3-5-16(6-4-15)22(29)13-20-21(11-18(26)12-23(20)31-2)24(30)28-19-9-7-17(25)8-10-19/h5-12,15-16,31H,2-4,13-14,17H2,1H3,(H,32,35);4-11,14-15,30H,2-3,12-13,16H2,1H3,(H,31,34);3-10,13-14H,11-12,15H2,1-2H3,(H,30,33);3-12,27H,13H2,1-2H3,(H,28,30). The Balaban J connectivity index is 0.000000163. The lowest BCUT2D eigenvalue weighted by Crippen LogP contribution is -2.35. The van der Waals surface area contributed by atoms with Crippen molar-refractivity contribution in [3.63, 3.8) is 0 Å². The number of rotatable bonds is 28. The molecule has 0 atom stereocenters. The van der Waals surface area contributed by atoms with Crippen LogP contribution in [0, 0.1) is 16.2 Å². The van der Waals surface area contributed by atoms with Crippen LogP contribution in [0.4, 0.5) is 22.7 Å². The fraction of sp³-hybridized carbons (Fsp3) is 0.200. The lowest BCUT2D eigenvalue weighted by Gasteiger charge is -2.29. The molecule has 4 amide bonds. The van der Waals surface area contributed by atoms with Gasteiger partial charge in [-0.15, -0.1) is 0 Å². The predicted octanol–water partition coefficient (Wildman–Crippen LogP) is 24.0. The van der Waals surface area contributed by atoms with Crippen molar-refractivity contribution in [1.82, 2.24) is 14.7 Å². The van der Waals surface area contributed by atoms with Crippen LogP contribution in [0.5, 0.6) is 23.0 Å². The van der Waals surface area contributed by atoms with Gasteiger partial charge >= 0.3 is 0 Å². The molecule has 0 bridgehead atoms. The Kier molecular flexibility index (Phi) is 36.2. The van der Waals surface area contributed by atoms with Crippen LogP contribution in [-0.4, -0.2) is 159 Å². The molecule has 0 aromatic heterocycles. The Hall–Kier alpha value is -13.2. The number of methoxy groups -OCH3 is 4. The van der Waals surface area contributed by atoms with E-state index in [0.717, 1.165) is 93.0 Å². The van der Waals surface area contributed by atoms with Crippen molar-refractivity contribution < 1.29 is 57.3 Å². The minimum atomic E-state index is -0.416. The fourth-order valence-electron chi connectivity index (χ4n) is 15.3. The zero-order valence-electron chi connectivity index (χ0n) is 74.9. The molecule has 12 aromatic carbocycles. The number of halogens is 8. The quantitative estimate of drug-likeness (QED) is 0.0136. The number of likely N-dealkylation sites (N-methyl/N-ethyl adjacent to an activating group) is 1. The Morgan fingerprint density at radius 1 is 0.309 bits per heavy atom. The summed E-state index contributed by atoms with van der Waals surface area (Å²) in [6.45, 7) is 6.87. The number of ketones is 4. The minimum Gasteiger partial charge on any atom is -0.496 e. The second-order valence-electron chi connectivity index (χ2n) is 31.8. The van der Waals surface area contributed by atoms with Crippen LogP contribution in [-0.2, 0) is 25.7 Å². The van der Waals surface area contributed by atoms with Gasteiger partial charge in [0.1, 0.15) is 40.5 Å². The topological polar surface area (TPSA) is 315 Å². The molecule has 698 valence electrons. The number of carbonyl (C=O) groups excluding carboxylic acids is 8. The van der Waals surface area contributed by atoms with Crippen LogP contribution >= 0.6 is 92.8 Å². The van der Waals surface area contributed by atoms with Gasteiger partial charge in [-0.25, -0.2) is 0 Å². The lowest BCUT2D eigenvalue weighted by molar-refractivity contribution is 0.0979. The van der Waals surface area contributed by atoms with E-state index in [1.807, 2.05) is 24.1 Å². The van der Waals surface area contributed by atoms with Crippen LogP contribution in [0.1, 0.15) is 166 Å². The first-order chi connectivity index (χ1) is 65.3. The van der Waals surface area contributed by atoms with E-state index in [1.165, 1.54) is 59.1 Å². The van der Waals surface area contributed by atoms with E-state index in [1.54, 1.807) is 213 Å². The molecule has 3 aliphatic rings. The van der Waals surface area contributed by atoms with Gasteiger partial charge in [-0.2, -0.15) is 0 Å². The summed E-state index contributed by atoms with van der Waals surface area (Å²) >= 11 is 48.6. The summed E-state index contributed by atoms with van der Waals surface area (Å²) in [5.41, 5.74) is 10.7. The summed E-state index contributed by atoms with van der Waals surface area (Å²) in [6.07, 6.45) is 5.40. The molecule has 7 N–H and O–H groups in total. The van der Waals surface area contributed by atoms with Crippen molar-refractivity contribution in [2.24, 2.45) is 4.99 Å². The number of Topliss-reactive ketones (excluding diaryl/α,β-unsaturated/α-hetero) is 4. The van der Waals surface area contributed by atoms with Crippen molar-refractivity contribution in [1.29, 1.82) is 16.2 Å². The second kappa shape index (κ2) is 48.3. The average Bonchev–Trinajstić information content (AvgIpc) is 0.819. The highest BCUT2D eigenvalue weighted by molar-refractivity contribution is 6.34. The maximum Gasteiger partial charge on any atom is 0.256 e. The third-order valence-corrected chi connectivity index (χ3v) is 24.4. The number of amidine groups is 3. The third kappa shape index (κ3) is 27.3. The summed E-state index contributed by atoms with van der Waals surface area (Å²) < 4.78 is 21.8. The molecular weight excluding hydrogens is 1890 g/mol. The maximum atomic E-state index is 13.2. The molecule has 0 aliphatic carbocycles. The highest BCUT2D eigenvalue weighted by Crippen LogP contribution is 2.37. The molecule has 3 heterocycles. The molecular formula is C105H95Cl8N11O12. The fourth-order valence-corrected chi connectivity index (χ4v) is 16.6. The van der Waals surface area contributed by atoms with Gasteiger partial charge in [0.25, 0.3) is 23.6 Å². The van der Waals surface area contributed by atoms with E-state index < -0.39 is 23.6 Å². The van der Waals surface area contributed by atoms with E-state index in [0.29, 0.717) is 148 Å². The molecule has 0 radical (unpaired) electrons. The van der Waals surface area contributed by atoms with Gasteiger partial charge in [0.2, 0.25) is 0 Å². The van der Waals surface area contributed by atoms with Gasteiger partial charge in [0.05, 0.1) is 35.0 Å². The highest BCUT2D eigenvalue weighted by Gasteiger charge is 2.29. The van der Waals surface area contributed by atoms with Crippen LogP contribution in [0.2, 0.25) is 40.2 Å². The number of hydrogen-bond acceptors (Lipinski definition) is 17. The van der Waals surface area contributed by atoms with E-state index in [9.17, 15) is 38.4 Å². The number of likely N-dealkylation sites (tertiary alicyclic amines) is 2. The number of aliphatic imine (C=N–C) groups is 1. The summed E-state index contributed by atoms with van der Waals surface area (Å²) in [4.78, 5) is 116. The normalized spacial score (nSPS) is 12.5. The minimum absolute atomic E-state index is 0.0239. The first-order valence-electron chi connectivity index (χ1n) is 43.1. The van der Waals surface area contributed by atoms with Gasteiger partial charge in [-0.1, -0.05) is 190 Å². The van der Waals surface area contributed by atoms with Crippen LogP contribution in [0.25, 0.3) is 0 Å². The third-order valence-electron chi connectivity index (χ3n) is 22.5. The Labute approximate surface area is 828 Å². The van der Waals surface area contributed by atoms with Gasteiger partial charge in [-0.05, 0) is 190 Å². The number of piperidine rings is 1. The first kappa shape index (κ1) is 102. The molecule has 0 saturated carbocycles. The van der Waals surface area contributed by atoms with E-state index in [-0.39, 0.29) is 71.1 Å². The van der Waals surface area contributed by atoms with Crippen molar-refractivity contribution in [3.8, 4) is 23.0 Å². The Morgan fingerprint density at radius 3 is 0.779 bits per heavy atom. The Morgan fingerprint density at radius 2 is 0.544 bits per heavy atom. The van der Waals surface area contributed by atoms with Crippen LogP contribution < -0.4 is 40.2 Å². The molecule has 2 saturated heterocycles. The Bertz CT molecular complexity index is 6480. The van der Waals surface area contributed by atoms with E-state index in [4.69, 9.17) is 128 Å². The maximum absolute atomic E-state index is 13.2. The van der Waals surface area contributed by atoms with Crippen LogP contribution in [0.15, 0.2) is 248 Å². The van der Waals surface area contributed by atoms with Gasteiger partial charge in [0, 0.05) is 218 Å². The second-order valence-corrected chi connectivity index (χ2v) is 35.3. The number of anilines is 4. The summed E-state index contributed by atoms with van der Waals surface area (Å²) in [5.74, 6) is 1.01. The molecule has 31 heteroatoms. The van der Waals surface area contributed by atoms with Gasteiger partial charge < -0.3 is 60.3 Å². The monoisotopic (exact) mass is 1980 g/mol. The number of ether oxygens (including phenoxy) is 4. The zero-order chi connectivity index (χ0) is 97.4. The number of carbonyl (C=O) groups is 8.